The van der Waals surface area contributed by atoms with Crippen LogP contribution in [0.2, 0.25) is 0 Å². The van der Waals surface area contributed by atoms with Crippen LogP contribution >= 0.6 is 0 Å². The van der Waals surface area contributed by atoms with E-state index >= 15 is 0 Å². The molecule has 2 radical (unpaired) electrons. The molecule has 0 bridgehead atoms. The van der Waals surface area contributed by atoms with Crippen LogP contribution in [0.4, 0.5) is 0 Å². The largest absolute Gasteiger partial charge is 0.542 e. The van der Waals surface area contributed by atoms with Crippen LogP contribution in [-0.2, 0) is 89.9 Å². The fourth-order valence-corrected chi connectivity index (χ4v) is 22.5. The minimum absolute atomic E-state index is 0. The van der Waals surface area contributed by atoms with Gasteiger partial charge in [-0.25, -0.2) is 0 Å². The third-order valence-corrected chi connectivity index (χ3v) is 28.6. The van der Waals surface area contributed by atoms with Crippen molar-refractivity contribution in [3.63, 3.8) is 0 Å². The number of hydrogen-bond acceptors (Lipinski definition) is 6. The molecular formula is C64H107NO7SY2-4. The number of fused-ring (bicyclic) bond motifs is 10. The second kappa shape index (κ2) is 25.0. The Kier molecular flexibility index (Phi) is 22.2. The van der Waals surface area contributed by atoms with Crippen molar-refractivity contribution in [3.8, 4) is 0 Å². The maximum atomic E-state index is 12.8. The van der Waals surface area contributed by atoms with Crippen molar-refractivity contribution in [2.75, 3.05) is 12.3 Å². The molecule has 3 N–H and O–H groups in total. The summed E-state index contributed by atoms with van der Waals surface area (Å²) in [5.41, 5.74) is 2.21. The summed E-state index contributed by atoms with van der Waals surface area (Å²) in [5.74, 6) is 4.07. The van der Waals surface area contributed by atoms with E-state index in [1.165, 1.54) is 135 Å². The molecule has 8 saturated carbocycles. The van der Waals surface area contributed by atoms with Gasteiger partial charge < -0.3 is 32.9 Å². The molecular weight excluding hydrogens is 1100 g/mol. The molecule has 18 atom stereocenters. The number of nitrogens with one attached hydrogen (secondary N) is 1. The Labute approximate surface area is 510 Å². The second-order valence-corrected chi connectivity index (χ2v) is 30.7. The van der Waals surface area contributed by atoms with Crippen LogP contribution in [-0.4, -0.2) is 55.0 Å². The van der Waals surface area contributed by atoms with E-state index in [0.717, 1.165) is 36.5 Å². The third-order valence-electron chi connectivity index (χ3n) is 27.9. The van der Waals surface area contributed by atoms with Crippen molar-refractivity contribution >= 4 is 28.6 Å². The van der Waals surface area contributed by atoms with Crippen LogP contribution in [0.5, 0.6) is 0 Å². The zero-order valence-corrected chi connectivity index (χ0v) is 56.3. The van der Waals surface area contributed by atoms with Crippen molar-refractivity contribution in [1.82, 2.24) is 5.32 Å². The van der Waals surface area contributed by atoms with E-state index in [2.05, 4.69) is 101 Å². The molecule has 0 saturated heterocycles. The molecule has 8 aliphatic rings. The Balaban J connectivity index is 0.00000108. The third kappa shape index (κ3) is 10.8. The van der Waals surface area contributed by atoms with E-state index in [1.807, 2.05) is 0 Å². The summed E-state index contributed by atoms with van der Waals surface area (Å²) in [5, 5.41) is 15.1. The normalized spacial score (nSPS) is 45.4. The topological polar surface area (TPSA) is 138 Å². The second-order valence-electron chi connectivity index (χ2n) is 29.2. The van der Waals surface area contributed by atoms with Gasteiger partial charge in [0.25, 0.3) is 10.1 Å². The van der Waals surface area contributed by atoms with Crippen molar-refractivity contribution in [3.05, 3.63) is 12.8 Å². The van der Waals surface area contributed by atoms with Crippen molar-refractivity contribution in [2.24, 2.45) is 95.6 Å². The molecule has 0 aromatic heterocycles. The van der Waals surface area contributed by atoms with Crippen molar-refractivity contribution in [2.45, 2.75) is 263 Å². The average molecular weight is 1210 g/mol. The van der Waals surface area contributed by atoms with Gasteiger partial charge in [0.2, 0.25) is 5.91 Å². The number of carbonyl (C=O) groups excluding carboxylic acids is 3. The monoisotopic (exact) mass is 1210 g/mol. The maximum absolute atomic E-state index is 12.8. The number of amides is 1. The molecule has 8 fully saturated rings. The zero-order valence-electron chi connectivity index (χ0n) is 49.8. The summed E-state index contributed by atoms with van der Waals surface area (Å²) in [4.78, 5) is 31.7. The number of hydrogen-bond donors (Lipinski definition) is 3. The Bertz CT molecular complexity index is 2070. The molecule has 75 heavy (non-hydrogen) atoms. The van der Waals surface area contributed by atoms with Gasteiger partial charge in [-0.3, -0.25) is 21.9 Å². The van der Waals surface area contributed by atoms with E-state index in [-0.39, 0.29) is 127 Å². The van der Waals surface area contributed by atoms with E-state index in [0.29, 0.717) is 54.3 Å². The summed E-state index contributed by atoms with van der Waals surface area (Å²) in [6.45, 7) is 31.9. The van der Waals surface area contributed by atoms with Crippen molar-refractivity contribution < 1.29 is 97.9 Å². The Morgan fingerprint density at radius 2 is 1.08 bits per heavy atom. The smallest absolute Gasteiger partial charge is 0.266 e. The average Bonchev–Trinajstić information content (AvgIpc) is 3.79. The molecule has 8 aliphatic carbocycles. The SMILES string of the molecule is C[C@H](CCC(=O)NCCS(=O)(=O)O)[C@H]1CC[C@@]2(C)C3(C)[C@@H](CCCCCC[C@@H](C)[C@H]4CC[C@@]5(C)C6(C)[C@@H](O)CC7C[CH-]CC[C@]7(C)[C@@]6(C)CC[C@]45C)CC4C[CH-]CC[C@]4(C)[C@@]3(C)CC[C@]12C.O=[C-]CCC[C-]=O.[Y].[Y]. The summed E-state index contributed by atoms with van der Waals surface area (Å²) in [7, 11) is -4.09. The Morgan fingerprint density at radius 3 is 1.60 bits per heavy atom. The van der Waals surface area contributed by atoms with Crippen LogP contribution in [0.3, 0.4) is 0 Å². The molecule has 0 heterocycles. The van der Waals surface area contributed by atoms with Gasteiger partial charge in [-0.15, -0.1) is 6.42 Å². The van der Waals surface area contributed by atoms with Crippen LogP contribution in [0, 0.1) is 108 Å². The first-order chi connectivity index (χ1) is 34.1. The number of rotatable bonds is 19. The van der Waals surface area contributed by atoms with Crippen LogP contribution in [0.15, 0.2) is 0 Å². The minimum Gasteiger partial charge on any atom is -0.542 e. The van der Waals surface area contributed by atoms with Crippen LogP contribution < -0.4 is 5.32 Å². The number of carbonyl (C=O) groups is 1. The van der Waals surface area contributed by atoms with Crippen LogP contribution in [0.25, 0.3) is 0 Å². The molecule has 11 heteroatoms. The summed E-state index contributed by atoms with van der Waals surface area (Å²) < 4.78 is 31.6. The fourth-order valence-electron chi connectivity index (χ4n) is 22.2. The van der Waals surface area contributed by atoms with Gasteiger partial charge in [-0.05, 0) is 155 Å². The molecule has 4 unspecified atom stereocenters. The van der Waals surface area contributed by atoms with Gasteiger partial charge in [0.15, 0.2) is 0 Å². The summed E-state index contributed by atoms with van der Waals surface area (Å²) in [6, 6.07) is 0. The number of unbranched alkanes of at least 4 members (excludes halogenated alkanes) is 5. The standard InChI is InChI=1S/C59H101NO5S.C5H6O2.2Y/c1-41(46-28-32-55(8)53(46,6)34-36-57(10)51(4)30-20-18-23-44(51)40-48(61)59(55,57)12)21-15-13-14-16-24-45-39-43-22-17-19-29-50(43,3)56(9)35-33-52(5)47(27-31-54(52,7)58(45,56)11)42(2)25-26-49(62)60-37-38-66(63,64)65;6-4-2-1-3-5-7;;/h17-18,41-48,61H,13-16,19-40H2,1-12H3,(H,60,62)(H,63,64,65);1-3H2;;/q2*-2;;/t41-,42-,43?,44?,45+,46-,47-,48+,50+,51+,52-,53-,54-,55-,56-,57-,58?,59?;;;/m1.../s1. The summed E-state index contributed by atoms with van der Waals surface area (Å²) >= 11 is 0. The molecule has 0 aromatic carbocycles. The summed E-state index contributed by atoms with van der Waals surface area (Å²) in [6.07, 6.45) is 39.3. The number of aliphatic hydroxyl groups is 1. The first kappa shape index (κ1) is 66.7. The van der Waals surface area contributed by atoms with Gasteiger partial charge >= 0.3 is 0 Å². The van der Waals surface area contributed by atoms with E-state index in [1.54, 1.807) is 12.6 Å². The number of aliphatic hydroxyl groups excluding tert-OH is 1. The van der Waals surface area contributed by atoms with Crippen LogP contribution in [0.1, 0.15) is 256 Å². The van der Waals surface area contributed by atoms with Gasteiger partial charge in [0.05, 0.1) is 11.9 Å². The quantitative estimate of drug-likeness (QED) is 0.0665. The van der Waals surface area contributed by atoms with Gasteiger partial charge in [0.1, 0.15) is 0 Å². The molecule has 8 rings (SSSR count). The predicted octanol–water partition coefficient (Wildman–Crippen LogP) is 15.0. The van der Waals surface area contributed by atoms with Crippen molar-refractivity contribution in [1.29, 1.82) is 0 Å². The Morgan fingerprint density at radius 1 is 0.613 bits per heavy atom. The van der Waals surface area contributed by atoms with E-state index in [4.69, 9.17) is 4.55 Å². The van der Waals surface area contributed by atoms with E-state index in [9.17, 15) is 27.9 Å². The maximum Gasteiger partial charge on any atom is 0.266 e. The molecule has 426 valence electrons. The fraction of sp³-hybridized carbons (Fsp3) is 0.922. The minimum atomic E-state index is -4.09. The molecule has 0 aliphatic heterocycles. The van der Waals surface area contributed by atoms with Gasteiger partial charge in [-0.1, -0.05) is 140 Å². The van der Waals surface area contributed by atoms with Gasteiger partial charge in [0, 0.05) is 83.8 Å². The van der Waals surface area contributed by atoms with Gasteiger partial charge in [-0.2, -0.15) is 46.9 Å². The first-order valence-electron chi connectivity index (χ1n) is 30.3. The van der Waals surface area contributed by atoms with E-state index < -0.39 is 15.9 Å². The zero-order chi connectivity index (χ0) is 53.7. The molecule has 0 aromatic rings. The predicted molar refractivity (Wildman–Crippen MR) is 297 cm³/mol. The molecule has 0 spiro atoms. The Hall–Kier alpha value is 0.888. The first-order valence-corrected chi connectivity index (χ1v) is 32.0. The molecule has 1 amide bonds. The molecule has 8 nitrogen and oxygen atoms in total.